The highest BCUT2D eigenvalue weighted by molar-refractivity contribution is 6.32. The van der Waals surface area contributed by atoms with Crippen molar-refractivity contribution in [2.45, 2.75) is 19.8 Å². The maximum Gasteiger partial charge on any atom is 0.138 e. The van der Waals surface area contributed by atoms with Gasteiger partial charge in [-0.15, -0.1) is 0 Å². The Morgan fingerprint density at radius 2 is 2.38 bits per heavy atom. The third kappa shape index (κ3) is 3.13. The first-order valence-corrected chi connectivity index (χ1v) is 6.23. The Labute approximate surface area is 102 Å². The predicted molar refractivity (Wildman–Crippen MR) is 67.3 cm³/mol. The van der Waals surface area contributed by atoms with Crippen LogP contribution in [0.25, 0.3) is 0 Å². The van der Waals surface area contributed by atoms with E-state index in [2.05, 4.69) is 5.32 Å². The molecule has 1 unspecified atom stereocenters. The summed E-state index contributed by atoms with van der Waals surface area (Å²) in [6.45, 7) is 5.01. The maximum atomic E-state index is 6.07. The fourth-order valence-corrected chi connectivity index (χ4v) is 2.17. The second kappa shape index (κ2) is 5.55. The summed E-state index contributed by atoms with van der Waals surface area (Å²) in [6.07, 6.45) is 2.49. The van der Waals surface area contributed by atoms with Crippen molar-refractivity contribution >= 4 is 11.6 Å². The average Bonchev–Trinajstić information content (AvgIpc) is 2.32. The first-order valence-electron chi connectivity index (χ1n) is 5.85. The lowest BCUT2D eigenvalue weighted by molar-refractivity contribution is 0.218. The maximum absolute atomic E-state index is 6.07. The van der Waals surface area contributed by atoms with Crippen LogP contribution in [0.5, 0.6) is 5.75 Å². The highest BCUT2D eigenvalue weighted by Crippen LogP contribution is 2.26. The monoisotopic (exact) mass is 239 g/mol. The summed E-state index contributed by atoms with van der Waals surface area (Å²) in [6, 6.07) is 5.89. The molecule has 1 aliphatic heterocycles. The highest BCUT2D eigenvalue weighted by atomic mass is 35.5. The van der Waals surface area contributed by atoms with E-state index in [1.165, 1.54) is 18.4 Å². The number of aryl methyl sites for hydroxylation is 1. The standard InChI is InChI=1S/C13H18ClNO/c1-10-4-5-12(14)13(7-10)16-9-11-3-2-6-15-8-11/h4-5,7,11,15H,2-3,6,8-9H2,1H3. The van der Waals surface area contributed by atoms with E-state index in [-0.39, 0.29) is 0 Å². The van der Waals surface area contributed by atoms with Crippen LogP contribution in [0.2, 0.25) is 5.02 Å². The minimum Gasteiger partial charge on any atom is -0.492 e. The summed E-state index contributed by atoms with van der Waals surface area (Å²) in [5, 5.41) is 4.09. The summed E-state index contributed by atoms with van der Waals surface area (Å²) >= 11 is 6.07. The molecule has 2 rings (SSSR count). The summed E-state index contributed by atoms with van der Waals surface area (Å²) in [5.41, 5.74) is 1.18. The van der Waals surface area contributed by atoms with Crippen LogP contribution in [-0.2, 0) is 0 Å². The number of rotatable bonds is 3. The lowest BCUT2D eigenvalue weighted by Gasteiger charge is -2.23. The smallest absolute Gasteiger partial charge is 0.138 e. The largest absolute Gasteiger partial charge is 0.492 e. The van der Waals surface area contributed by atoms with Crippen LogP contribution >= 0.6 is 11.6 Å². The van der Waals surface area contributed by atoms with Crippen molar-refractivity contribution in [3.05, 3.63) is 28.8 Å². The third-order valence-electron chi connectivity index (χ3n) is 2.96. The van der Waals surface area contributed by atoms with E-state index in [1.54, 1.807) is 0 Å². The van der Waals surface area contributed by atoms with E-state index in [9.17, 15) is 0 Å². The second-order valence-corrected chi connectivity index (χ2v) is 4.86. The zero-order chi connectivity index (χ0) is 11.4. The second-order valence-electron chi connectivity index (χ2n) is 4.46. The molecule has 1 aromatic carbocycles. The van der Waals surface area contributed by atoms with Gasteiger partial charge in [-0.1, -0.05) is 17.7 Å². The van der Waals surface area contributed by atoms with Gasteiger partial charge in [0.05, 0.1) is 11.6 Å². The van der Waals surface area contributed by atoms with Crippen molar-refractivity contribution in [2.75, 3.05) is 19.7 Å². The zero-order valence-corrected chi connectivity index (χ0v) is 10.4. The molecule has 1 heterocycles. The van der Waals surface area contributed by atoms with E-state index in [0.29, 0.717) is 10.9 Å². The number of ether oxygens (including phenoxy) is 1. The van der Waals surface area contributed by atoms with Gasteiger partial charge in [-0.3, -0.25) is 0 Å². The quantitative estimate of drug-likeness (QED) is 0.876. The lowest BCUT2D eigenvalue weighted by atomic mass is 10.0. The van der Waals surface area contributed by atoms with Gasteiger partial charge >= 0.3 is 0 Å². The van der Waals surface area contributed by atoms with Crippen LogP contribution in [-0.4, -0.2) is 19.7 Å². The Kier molecular flexibility index (Phi) is 4.08. The fraction of sp³-hybridized carbons (Fsp3) is 0.538. The van der Waals surface area contributed by atoms with E-state index >= 15 is 0 Å². The van der Waals surface area contributed by atoms with Gasteiger partial charge in [-0.2, -0.15) is 0 Å². The first kappa shape index (κ1) is 11.7. The molecule has 3 heteroatoms. The molecule has 0 aliphatic carbocycles. The zero-order valence-electron chi connectivity index (χ0n) is 9.63. The Hall–Kier alpha value is -0.730. The number of halogens is 1. The Bertz CT molecular complexity index is 348. The molecule has 0 spiro atoms. The Morgan fingerprint density at radius 3 is 3.12 bits per heavy atom. The van der Waals surface area contributed by atoms with Crippen molar-refractivity contribution in [1.29, 1.82) is 0 Å². The fourth-order valence-electron chi connectivity index (χ4n) is 2.00. The van der Waals surface area contributed by atoms with Gasteiger partial charge in [-0.25, -0.2) is 0 Å². The normalized spacial score (nSPS) is 20.8. The molecule has 0 aromatic heterocycles. The minimum absolute atomic E-state index is 0.616. The van der Waals surface area contributed by atoms with Crippen molar-refractivity contribution < 1.29 is 4.74 Å². The van der Waals surface area contributed by atoms with Crippen LogP contribution in [0.4, 0.5) is 0 Å². The number of hydrogen-bond donors (Lipinski definition) is 1. The van der Waals surface area contributed by atoms with Crippen molar-refractivity contribution in [2.24, 2.45) is 5.92 Å². The number of benzene rings is 1. The molecule has 1 atom stereocenters. The van der Waals surface area contributed by atoms with Gasteiger partial charge in [-0.05, 0) is 44.0 Å². The topological polar surface area (TPSA) is 21.3 Å². The molecule has 0 amide bonds. The molecule has 1 aromatic rings. The van der Waals surface area contributed by atoms with Crippen LogP contribution in [0.15, 0.2) is 18.2 Å². The number of piperidine rings is 1. The van der Waals surface area contributed by atoms with Crippen LogP contribution in [0, 0.1) is 12.8 Å². The van der Waals surface area contributed by atoms with E-state index in [4.69, 9.17) is 16.3 Å². The van der Waals surface area contributed by atoms with Crippen LogP contribution in [0.1, 0.15) is 18.4 Å². The van der Waals surface area contributed by atoms with Crippen LogP contribution in [0.3, 0.4) is 0 Å². The highest BCUT2D eigenvalue weighted by Gasteiger charge is 2.14. The van der Waals surface area contributed by atoms with E-state index in [0.717, 1.165) is 25.4 Å². The summed E-state index contributed by atoms with van der Waals surface area (Å²) in [7, 11) is 0. The number of hydrogen-bond acceptors (Lipinski definition) is 2. The Morgan fingerprint density at radius 1 is 1.50 bits per heavy atom. The number of nitrogens with one attached hydrogen (secondary N) is 1. The molecule has 0 saturated carbocycles. The van der Waals surface area contributed by atoms with Gasteiger partial charge in [0.25, 0.3) is 0 Å². The summed E-state index contributed by atoms with van der Waals surface area (Å²) < 4.78 is 5.79. The van der Waals surface area contributed by atoms with Gasteiger partial charge in [0.2, 0.25) is 0 Å². The molecule has 2 nitrogen and oxygen atoms in total. The van der Waals surface area contributed by atoms with Gasteiger partial charge in [0, 0.05) is 12.5 Å². The summed E-state index contributed by atoms with van der Waals surface area (Å²) in [4.78, 5) is 0. The molecule has 1 fully saturated rings. The lowest BCUT2D eigenvalue weighted by Crippen LogP contribution is -2.33. The summed E-state index contributed by atoms with van der Waals surface area (Å²) in [5.74, 6) is 1.43. The van der Waals surface area contributed by atoms with Gasteiger partial charge in [0.15, 0.2) is 0 Å². The third-order valence-corrected chi connectivity index (χ3v) is 3.27. The van der Waals surface area contributed by atoms with Crippen molar-refractivity contribution in [1.82, 2.24) is 5.32 Å². The average molecular weight is 240 g/mol. The van der Waals surface area contributed by atoms with Crippen LogP contribution < -0.4 is 10.1 Å². The van der Waals surface area contributed by atoms with Crippen molar-refractivity contribution in [3.63, 3.8) is 0 Å². The molecule has 0 radical (unpaired) electrons. The van der Waals surface area contributed by atoms with Gasteiger partial charge < -0.3 is 10.1 Å². The van der Waals surface area contributed by atoms with Crippen molar-refractivity contribution in [3.8, 4) is 5.75 Å². The molecular formula is C13H18ClNO. The molecule has 1 N–H and O–H groups in total. The van der Waals surface area contributed by atoms with E-state index in [1.807, 2.05) is 25.1 Å². The SMILES string of the molecule is Cc1ccc(Cl)c(OCC2CCCNC2)c1. The first-order chi connectivity index (χ1) is 7.75. The molecule has 1 saturated heterocycles. The molecular weight excluding hydrogens is 222 g/mol. The van der Waals surface area contributed by atoms with E-state index < -0.39 is 0 Å². The minimum atomic E-state index is 0.616. The molecule has 0 bridgehead atoms. The van der Waals surface area contributed by atoms with Gasteiger partial charge in [0.1, 0.15) is 5.75 Å². The molecule has 88 valence electrons. The Balaban J connectivity index is 1.90. The predicted octanol–water partition coefficient (Wildman–Crippen LogP) is 3.03. The molecule has 16 heavy (non-hydrogen) atoms. The molecule has 1 aliphatic rings.